The molecule has 1 aliphatic carbocycles. The maximum atomic E-state index is 11.8. The topological polar surface area (TPSA) is 75.6 Å². The first-order valence-electron chi connectivity index (χ1n) is 7.24. The molecule has 5 nitrogen and oxygen atoms in total. The van der Waals surface area contributed by atoms with E-state index in [1.165, 1.54) is 0 Å². The normalized spacial score (nSPS) is 17.0. The van der Waals surface area contributed by atoms with Crippen LogP contribution < -0.4 is 5.32 Å². The van der Waals surface area contributed by atoms with E-state index in [2.05, 4.69) is 5.32 Å². The maximum Gasteiger partial charge on any atom is 0.319 e. The lowest BCUT2D eigenvalue weighted by atomic mass is 10.1. The van der Waals surface area contributed by atoms with Crippen LogP contribution in [0.25, 0.3) is 0 Å². The Balaban J connectivity index is 1.62. The molecule has 0 heterocycles. The van der Waals surface area contributed by atoms with E-state index >= 15 is 0 Å². The fraction of sp³-hybridized carbons (Fsp3) is 0.500. The van der Waals surface area contributed by atoms with E-state index in [0.717, 1.165) is 5.56 Å². The SMILES string of the molecule is CC(OCCCNC(=O)C1(C(=O)O)CC1)c1ccccc1. The number of hydrogen-bond donors (Lipinski definition) is 2. The summed E-state index contributed by atoms with van der Waals surface area (Å²) in [4.78, 5) is 22.7. The van der Waals surface area contributed by atoms with Gasteiger partial charge in [-0.2, -0.15) is 0 Å². The number of hydrogen-bond acceptors (Lipinski definition) is 3. The highest BCUT2D eigenvalue weighted by molar-refractivity contribution is 6.04. The van der Waals surface area contributed by atoms with Gasteiger partial charge in [0.05, 0.1) is 6.10 Å². The van der Waals surface area contributed by atoms with Gasteiger partial charge in [0.2, 0.25) is 5.91 Å². The summed E-state index contributed by atoms with van der Waals surface area (Å²) < 4.78 is 5.69. The van der Waals surface area contributed by atoms with Crippen molar-refractivity contribution in [2.24, 2.45) is 5.41 Å². The van der Waals surface area contributed by atoms with Crippen molar-refractivity contribution in [2.75, 3.05) is 13.2 Å². The van der Waals surface area contributed by atoms with Crippen LogP contribution in [0, 0.1) is 5.41 Å². The van der Waals surface area contributed by atoms with Gasteiger partial charge in [-0.3, -0.25) is 9.59 Å². The first-order valence-corrected chi connectivity index (χ1v) is 7.24. The molecule has 1 aliphatic rings. The first kappa shape index (κ1) is 15.5. The summed E-state index contributed by atoms with van der Waals surface area (Å²) in [5.41, 5.74) is -0.0394. The largest absolute Gasteiger partial charge is 0.480 e. The summed E-state index contributed by atoms with van der Waals surface area (Å²) in [7, 11) is 0. The van der Waals surface area contributed by atoms with E-state index in [9.17, 15) is 9.59 Å². The summed E-state index contributed by atoms with van der Waals surface area (Å²) in [6.07, 6.45) is 1.56. The van der Waals surface area contributed by atoms with Gasteiger partial charge in [-0.15, -0.1) is 0 Å². The van der Waals surface area contributed by atoms with Crippen molar-refractivity contribution in [1.29, 1.82) is 0 Å². The summed E-state index contributed by atoms with van der Waals surface area (Å²) in [5.74, 6) is -1.39. The van der Waals surface area contributed by atoms with Crippen LogP contribution in [0.3, 0.4) is 0 Å². The van der Waals surface area contributed by atoms with E-state index < -0.39 is 11.4 Å². The van der Waals surface area contributed by atoms with Crippen LogP contribution >= 0.6 is 0 Å². The van der Waals surface area contributed by atoms with Crippen LogP contribution in [-0.2, 0) is 14.3 Å². The third-order valence-corrected chi connectivity index (χ3v) is 3.84. The number of rotatable bonds is 8. The first-order chi connectivity index (χ1) is 10.1. The van der Waals surface area contributed by atoms with E-state index in [-0.39, 0.29) is 12.0 Å². The lowest BCUT2D eigenvalue weighted by molar-refractivity contribution is -0.149. The van der Waals surface area contributed by atoms with Crippen LogP contribution in [0.2, 0.25) is 0 Å². The number of benzene rings is 1. The third kappa shape index (κ3) is 3.82. The number of aliphatic carboxylic acids is 1. The molecule has 5 heteroatoms. The molecule has 0 saturated heterocycles. The minimum absolute atomic E-state index is 0.00990. The predicted molar refractivity (Wildman–Crippen MR) is 77.7 cm³/mol. The molecule has 0 spiro atoms. The Kier molecular flexibility index (Phi) is 4.96. The zero-order valence-corrected chi connectivity index (χ0v) is 12.2. The highest BCUT2D eigenvalue weighted by atomic mass is 16.5. The Morgan fingerprint density at radius 3 is 2.57 bits per heavy atom. The second-order valence-corrected chi connectivity index (χ2v) is 5.42. The fourth-order valence-corrected chi connectivity index (χ4v) is 2.19. The molecule has 0 aliphatic heterocycles. The van der Waals surface area contributed by atoms with Gasteiger partial charge in [-0.25, -0.2) is 0 Å². The molecule has 1 aromatic carbocycles. The molecule has 2 N–H and O–H groups in total. The van der Waals surface area contributed by atoms with Gasteiger partial charge in [-0.05, 0) is 31.7 Å². The smallest absolute Gasteiger partial charge is 0.319 e. The number of carbonyl (C=O) groups excluding carboxylic acids is 1. The van der Waals surface area contributed by atoms with Gasteiger partial charge in [-0.1, -0.05) is 30.3 Å². The van der Waals surface area contributed by atoms with Crippen LogP contribution in [0.5, 0.6) is 0 Å². The zero-order valence-electron chi connectivity index (χ0n) is 12.2. The molecule has 1 saturated carbocycles. The molecule has 0 radical (unpaired) electrons. The third-order valence-electron chi connectivity index (χ3n) is 3.84. The second kappa shape index (κ2) is 6.72. The van der Waals surface area contributed by atoms with E-state index in [4.69, 9.17) is 9.84 Å². The fourth-order valence-electron chi connectivity index (χ4n) is 2.19. The molecule has 0 aromatic heterocycles. The number of nitrogens with one attached hydrogen (secondary N) is 1. The average Bonchev–Trinajstić information content (AvgIpc) is 3.29. The second-order valence-electron chi connectivity index (χ2n) is 5.42. The van der Waals surface area contributed by atoms with Crippen LogP contribution in [-0.4, -0.2) is 30.1 Å². The number of ether oxygens (including phenoxy) is 1. The molecular weight excluding hydrogens is 270 g/mol. The minimum atomic E-state index is -1.15. The van der Waals surface area contributed by atoms with E-state index in [0.29, 0.717) is 32.4 Å². The number of carbonyl (C=O) groups is 2. The molecule has 1 fully saturated rings. The monoisotopic (exact) mass is 291 g/mol. The van der Waals surface area contributed by atoms with Crippen LogP contribution in [0.15, 0.2) is 30.3 Å². The molecule has 21 heavy (non-hydrogen) atoms. The van der Waals surface area contributed by atoms with Crippen LogP contribution in [0.4, 0.5) is 0 Å². The molecule has 114 valence electrons. The van der Waals surface area contributed by atoms with E-state index in [1.807, 2.05) is 37.3 Å². The van der Waals surface area contributed by atoms with Gasteiger partial charge >= 0.3 is 5.97 Å². The average molecular weight is 291 g/mol. The van der Waals surface area contributed by atoms with Gasteiger partial charge in [0.1, 0.15) is 5.41 Å². The summed E-state index contributed by atoms with van der Waals surface area (Å²) in [6, 6.07) is 9.92. The Labute approximate surface area is 124 Å². The van der Waals surface area contributed by atoms with Crippen molar-refractivity contribution in [1.82, 2.24) is 5.32 Å². The molecule has 0 bridgehead atoms. The summed E-state index contributed by atoms with van der Waals surface area (Å²) >= 11 is 0. The Morgan fingerprint density at radius 2 is 2.00 bits per heavy atom. The zero-order chi connectivity index (χ0) is 15.3. The number of carboxylic acids is 1. The standard InChI is InChI=1S/C16H21NO4/c1-12(13-6-3-2-4-7-13)21-11-5-10-17-14(18)16(8-9-16)15(19)20/h2-4,6-7,12H,5,8-11H2,1H3,(H,17,18)(H,19,20). The number of amides is 1. The quantitative estimate of drug-likeness (QED) is 0.568. The minimum Gasteiger partial charge on any atom is -0.480 e. The van der Waals surface area contributed by atoms with Crippen molar-refractivity contribution in [3.63, 3.8) is 0 Å². The molecule has 1 atom stereocenters. The Bertz CT molecular complexity index is 496. The van der Waals surface area contributed by atoms with Gasteiger partial charge in [0.15, 0.2) is 0 Å². The molecule has 2 rings (SSSR count). The van der Waals surface area contributed by atoms with Gasteiger partial charge in [0.25, 0.3) is 0 Å². The molecule has 1 aromatic rings. The maximum absolute atomic E-state index is 11.8. The van der Waals surface area contributed by atoms with Gasteiger partial charge in [0, 0.05) is 13.2 Å². The van der Waals surface area contributed by atoms with Crippen molar-refractivity contribution in [2.45, 2.75) is 32.3 Å². The highest BCUT2D eigenvalue weighted by Gasteiger charge is 2.56. The van der Waals surface area contributed by atoms with Crippen molar-refractivity contribution >= 4 is 11.9 Å². The van der Waals surface area contributed by atoms with Crippen LogP contribution in [0.1, 0.15) is 37.9 Å². The van der Waals surface area contributed by atoms with Crippen molar-refractivity contribution in [3.05, 3.63) is 35.9 Å². The van der Waals surface area contributed by atoms with Crippen molar-refractivity contribution < 1.29 is 19.4 Å². The predicted octanol–water partition coefficient (Wildman–Crippen LogP) is 2.14. The number of carboxylic acid groups (broad SMARTS) is 1. The van der Waals surface area contributed by atoms with Crippen molar-refractivity contribution in [3.8, 4) is 0 Å². The summed E-state index contributed by atoms with van der Waals surface area (Å²) in [6.45, 7) is 2.95. The molecule has 1 unspecified atom stereocenters. The highest BCUT2D eigenvalue weighted by Crippen LogP contribution is 2.45. The summed E-state index contributed by atoms with van der Waals surface area (Å²) in [5, 5.41) is 11.7. The van der Waals surface area contributed by atoms with E-state index in [1.54, 1.807) is 0 Å². The lowest BCUT2D eigenvalue weighted by Gasteiger charge is -2.14. The molecule has 1 amide bonds. The van der Waals surface area contributed by atoms with Gasteiger partial charge < -0.3 is 15.2 Å². The Morgan fingerprint density at radius 1 is 1.33 bits per heavy atom. The molecular formula is C16H21NO4. The lowest BCUT2D eigenvalue weighted by Crippen LogP contribution is -2.37. The Hall–Kier alpha value is -1.88.